The lowest BCUT2D eigenvalue weighted by molar-refractivity contribution is 0.623. The summed E-state index contributed by atoms with van der Waals surface area (Å²) in [6, 6.07) is 8.22. The van der Waals surface area contributed by atoms with Crippen LogP contribution in [0.15, 0.2) is 30.3 Å². The first-order valence-electron chi connectivity index (χ1n) is 7.03. The summed E-state index contributed by atoms with van der Waals surface area (Å²) < 4.78 is 13.3. The van der Waals surface area contributed by atoms with Gasteiger partial charge >= 0.3 is 0 Å². The number of halogens is 1. The predicted molar refractivity (Wildman–Crippen MR) is 80.3 cm³/mol. The number of aromatic nitrogens is 2. The quantitative estimate of drug-likeness (QED) is 0.582. The fourth-order valence-electron chi connectivity index (χ4n) is 2.22. The molecule has 0 amide bonds. The average Bonchev–Trinajstić information content (AvgIpc) is 3.31. The Hall–Kier alpha value is -2.21. The Balaban J connectivity index is 1.81. The maximum Gasteiger partial charge on any atom is 0.145 e. The third-order valence-corrected chi connectivity index (χ3v) is 3.55. The number of benzene rings is 1. The van der Waals surface area contributed by atoms with Gasteiger partial charge in [-0.1, -0.05) is 12.1 Å². The molecule has 21 heavy (non-hydrogen) atoms. The maximum atomic E-state index is 13.3. The summed E-state index contributed by atoms with van der Waals surface area (Å²) in [5.41, 5.74) is 3.43. The van der Waals surface area contributed by atoms with E-state index in [1.165, 1.54) is 12.1 Å². The van der Waals surface area contributed by atoms with Gasteiger partial charge in [-0.15, -0.1) is 0 Å². The number of nitrogens with two attached hydrogens (primary N) is 1. The van der Waals surface area contributed by atoms with Crippen molar-refractivity contribution in [2.24, 2.45) is 5.84 Å². The summed E-state index contributed by atoms with van der Waals surface area (Å²) in [4.78, 5) is 8.88. The summed E-state index contributed by atoms with van der Waals surface area (Å²) in [5, 5.41) is 3.27. The Morgan fingerprint density at radius 2 is 2.00 bits per heavy atom. The molecule has 1 aromatic carbocycles. The number of hydrogen-bond acceptors (Lipinski definition) is 5. The highest BCUT2D eigenvalue weighted by Crippen LogP contribution is 2.39. The minimum Gasteiger partial charge on any atom is -0.363 e. The maximum absolute atomic E-state index is 13.3. The molecule has 1 fully saturated rings. The van der Waals surface area contributed by atoms with Gasteiger partial charge in [0, 0.05) is 12.0 Å². The van der Waals surface area contributed by atoms with Crippen molar-refractivity contribution in [3.05, 3.63) is 47.5 Å². The van der Waals surface area contributed by atoms with Crippen LogP contribution in [0.4, 0.5) is 16.0 Å². The van der Waals surface area contributed by atoms with E-state index >= 15 is 0 Å². The highest BCUT2D eigenvalue weighted by molar-refractivity contribution is 5.48. The van der Waals surface area contributed by atoms with Crippen LogP contribution in [0.1, 0.15) is 43.1 Å². The predicted octanol–water partition coefficient (Wildman–Crippen LogP) is 2.95. The van der Waals surface area contributed by atoms with Crippen LogP contribution < -0.4 is 16.6 Å². The van der Waals surface area contributed by atoms with Crippen LogP contribution in [-0.4, -0.2) is 9.97 Å². The van der Waals surface area contributed by atoms with E-state index in [1.54, 1.807) is 12.1 Å². The molecule has 0 saturated heterocycles. The second-order valence-corrected chi connectivity index (χ2v) is 5.34. The molecule has 1 aliphatic rings. The molecule has 1 aliphatic carbocycles. The molecule has 0 radical (unpaired) electrons. The van der Waals surface area contributed by atoms with E-state index in [4.69, 9.17) is 5.84 Å². The first-order valence-corrected chi connectivity index (χ1v) is 7.03. The molecule has 1 atom stereocenters. The van der Waals surface area contributed by atoms with Crippen LogP contribution in [0.2, 0.25) is 0 Å². The number of nitrogens with zero attached hydrogens (tertiary/aromatic N) is 2. The molecular weight excluding hydrogens is 269 g/mol. The molecule has 3 rings (SSSR count). The Bertz CT molecular complexity index is 642. The molecule has 110 valence electrons. The van der Waals surface area contributed by atoms with Crippen molar-refractivity contribution in [3.8, 4) is 0 Å². The Labute approximate surface area is 122 Å². The third kappa shape index (κ3) is 3.28. The summed E-state index contributed by atoms with van der Waals surface area (Å²) >= 11 is 0. The lowest BCUT2D eigenvalue weighted by Gasteiger charge is -2.16. The zero-order chi connectivity index (χ0) is 14.8. The summed E-state index contributed by atoms with van der Waals surface area (Å²) in [6.45, 7) is 1.96. The van der Waals surface area contributed by atoms with Crippen molar-refractivity contribution < 1.29 is 4.39 Å². The third-order valence-electron chi connectivity index (χ3n) is 3.55. The van der Waals surface area contributed by atoms with Crippen LogP contribution in [0.25, 0.3) is 0 Å². The lowest BCUT2D eigenvalue weighted by atomic mass is 10.1. The summed E-state index contributed by atoms with van der Waals surface area (Å²) in [5.74, 6) is 7.72. The number of nitrogens with one attached hydrogen (secondary N) is 2. The molecule has 0 bridgehead atoms. The van der Waals surface area contributed by atoms with E-state index in [2.05, 4.69) is 20.7 Å². The van der Waals surface area contributed by atoms with Crippen molar-refractivity contribution in [1.82, 2.24) is 9.97 Å². The van der Waals surface area contributed by atoms with Crippen molar-refractivity contribution in [1.29, 1.82) is 0 Å². The van der Waals surface area contributed by atoms with Crippen molar-refractivity contribution in [2.45, 2.75) is 31.7 Å². The first-order chi connectivity index (χ1) is 10.2. The normalized spacial score (nSPS) is 15.6. The topological polar surface area (TPSA) is 75.9 Å². The van der Waals surface area contributed by atoms with Gasteiger partial charge in [0.25, 0.3) is 0 Å². The number of nitrogen functional groups attached to an aromatic ring is 1. The van der Waals surface area contributed by atoms with Gasteiger partial charge in [0.2, 0.25) is 0 Å². The monoisotopic (exact) mass is 287 g/mol. The number of anilines is 2. The van der Waals surface area contributed by atoms with E-state index in [-0.39, 0.29) is 11.9 Å². The molecule has 1 aromatic heterocycles. The van der Waals surface area contributed by atoms with Crippen molar-refractivity contribution in [2.75, 3.05) is 10.7 Å². The number of hydrogen-bond donors (Lipinski definition) is 3. The second-order valence-electron chi connectivity index (χ2n) is 5.34. The lowest BCUT2D eigenvalue weighted by Crippen LogP contribution is -2.13. The van der Waals surface area contributed by atoms with Gasteiger partial charge in [-0.05, 0) is 37.5 Å². The number of hydrazine groups is 1. The molecule has 1 unspecified atom stereocenters. The molecule has 0 aliphatic heterocycles. The molecular formula is C15H18FN5. The van der Waals surface area contributed by atoms with E-state index in [1.807, 2.05) is 13.0 Å². The molecule has 4 N–H and O–H groups in total. The Kier molecular flexibility index (Phi) is 3.70. The molecule has 6 heteroatoms. The van der Waals surface area contributed by atoms with Crippen LogP contribution in [-0.2, 0) is 0 Å². The largest absolute Gasteiger partial charge is 0.363 e. The van der Waals surface area contributed by atoms with E-state index in [9.17, 15) is 4.39 Å². The Morgan fingerprint density at radius 3 is 2.67 bits per heavy atom. The van der Waals surface area contributed by atoms with Gasteiger partial charge in [0.15, 0.2) is 0 Å². The molecule has 5 nitrogen and oxygen atoms in total. The average molecular weight is 287 g/mol. The first kappa shape index (κ1) is 13.8. The Morgan fingerprint density at radius 1 is 1.24 bits per heavy atom. The van der Waals surface area contributed by atoms with Crippen molar-refractivity contribution in [3.63, 3.8) is 0 Å². The van der Waals surface area contributed by atoms with E-state index < -0.39 is 0 Å². The fourth-order valence-corrected chi connectivity index (χ4v) is 2.22. The fraction of sp³-hybridized carbons (Fsp3) is 0.333. The second kappa shape index (κ2) is 5.65. The molecule has 1 heterocycles. The number of rotatable bonds is 5. The van der Waals surface area contributed by atoms with Crippen LogP contribution in [0, 0.1) is 5.82 Å². The van der Waals surface area contributed by atoms with Gasteiger partial charge in [-0.2, -0.15) is 0 Å². The van der Waals surface area contributed by atoms with Gasteiger partial charge in [0.05, 0.1) is 6.04 Å². The standard InChI is InChI=1S/C15H18FN5/c1-9(11-3-2-4-12(16)7-11)18-13-8-14(21-17)20-15(19-13)10-5-6-10/h2-4,7-10H,5-6,17H2,1H3,(H2,18,19,20,21). The van der Waals surface area contributed by atoms with Gasteiger partial charge < -0.3 is 10.7 Å². The van der Waals surface area contributed by atoms with Crippen LogP contribution >= 0.6 is 0 Å². The molecule has 0 spiro atoms. The van der Waals surface area contributed by atoms with Crippen LogP contribution in [0.3, 0.4) is 0 Å². The minimum absolute atomic E-state index is 0.0618. The smallest absolute Gasteiger partial charge is 0.145 e. The molecule has 2 aromatic rings. The zero-order valence-electron chi connectivity index (χ0n) is 11.8. The van der Waals surface area contributed by atoms with Gasteiger partial charge in [0.1, 0.15) is 23.3 Å². The summed E-state index contributed by atoms with van der Waals surface area (Å²) in [6.07, 6.45) is 2.24. The van der Waals surface area contributed by atoms with E-state index in [0.717, 1.165) is 24.2 Å². The highest BCUT2D eigenvalue weighted by Gasteiger charge is 2.27. The summed E-state index contributed by atoms with van der Waals surface area (Å²) in [7, 11) is 0. The van der Waals surface area contributed by atoms with Crippen LogP contribution in [0.5, 0.6) is 0 Å². The minimum atomic E-state index is -0.244. The SMILES string of the molecule is CC(Nc1cc(NN)nc(C2CC2)n1)c1cccc(F)c1. The van der Waals surface area contributed by atoms with E-state index in [0.29, 0.717) is 17.6 Å². The van der Waals surface area contributed by atoms with Gasteiger partial charge in [-0.3, -0.25) is 0 Å². The van der Waals surface area contributed by atoms with Gasteiger partial charge in [-0.25, -0.2) is 20.2 Å². The molecule has 1 saturated carbocycles. The zero-order valence-corrected chi connectivity index (χ0v) is 11.8. The van der Waals surface area contributed by atoms with Crippen molar-refractivity contribution >= 4 is 11.6 Å². The highest BCUT2D eigenvalue weighted by atomic mass is 19.1.